The van der Waals surface area contributed by atoms with Gasteiger partial charge in [-0.05, 0) is 25.8 Å². The molecule has 2 rings (SSSR count). The normalized spacial score (nSPS) is 11.7. The van der Waals surface area contributed by atoms with Gasteiger partial charge < -0.3 is 19.9 Å². The number of aliphatic imine (C=N–C) groups is 1. The molecule has 0 atom stereocenters. The molecule has 2 aromatic rings. The average molecular weight is 511 g/mol. The highest BCUT2D eigenvalue weighted by atomic mass is 127. The molecule has 28 heavy (non-hydrogen) atoms. The minimum atomic E-state index is -4.72. The van der Waals surface area contributed by atoms with Crippen molar-refractivity contribution in [2.24, 2.45) is 4.99 Å². The van der Waals surface area contributed by atoms with Gasteiger partial charge in [-0.1, -0.05) is 18.2 Å². The van der Waals surface area contributed by atoms with Crippen LogP contribution in [0.15, 0.2) is 41.7 Å². The molecule has 6 nitrogen and oxygen atoms in total. The number of unbranched alkanes of at least 4 members (excludes halogenated alkanes) is 1. The molecule has 156 valence electrons. The van der Waals surface area contributed by atoms with Crippen molar-refractivity contribution in [3.8, 4) is 5.75 Å². The fourth-order valence-electron chi connectivity index (χ4n) is 2.53. The van der Waals surface area contributed by atoms with Gasteiger partial charge >= 0.3 is 6.36 Å². The molecule has 0 bridgehead atoms. The first-order chi connectivity index (χ1) is 12.9. The second-order valence-electron chi connectivity index (χ2n) is 5.88. The molecule has 0 aliphatic heterocycles. The van der Waals surface area contributed by atoms with E-state index in [2.05, 4.69) is 29.9 Å². The van der Waals surface area contributed by atoms with E-state index in [1.807, 2.05) is 13.1 Å². The van der Waals surface area contributed by atoms with Crippen LogP contribution in [0, 0.1) is 6.92 Å². The number of aryl methyl sites for hydroxylation is 2. The van der Waals surface area contributed by atoms with Crippen molar-refractivity contribution >= 4 is 29.9 Å². The summed E-state index contributed by atoms with van der Waals surface area (Å²) in [7, 11) is 1.61. The summed E-state index contributed by atoms with van der Waals surface area (Å²) in [6.07, 6.45) is 0.905. The first-order valence-corrected chi connectivity index (χ1v) is 8.65. The Morgan fingerprint density at radius 2 is 1.96 bits per heavy atom. The summed E-state index contributed by atoms with van der Waals surface area (Å²) in [4.78, 5) is 8.26. The van der Waals surface area contributed by atoms with E-state index in [1.54, 1.807) is 25.4 Å². The molecular weight excluding hydrogens is 486 g/mol. The third-order valence-electron chi connectivity index (χ3n) is 3.91. The Kier molecular flexibility index (Phi) is 10.1. The van der Waals surface area contributed by atoms with Crippen LogP contribution >= 0.6 is 24.0 Å². The highest BCUT2D eigenvalue weighted by Gasteiger charge is 2.31. The minimum absolute atomic E-state index is 0. The summed E-state index contributed by atoms with van der Waals surface area (Å²) >= 11 is 0. The average Bonchev–Trinajstić information content (AvgIpc) is 3.02. The topological polar surface area (TPSA) is 63.5 Å². The monoisotopic (exact) mass is 511 g/mol. The Hall–Kier alpha value is -1.98. The third-order valence-corrected chi connectivity index (χ3v) is 3.91. The number of hydrogen-bond donors (Lipinski definition) is 2. The number of ether oxygens (including phenoxy) is 1. The molecule has 2 N–H and O–H groups in total. The Bertz CT molecular complexity index is 749. The molecule has 0 radical (unpaired) electrons. The van der Waals surface area contributed by atoms with Crippen molar-refractivity contribution in [1.29, 1.82) is 0 Å². The van der Waals surface area contributed by atoms with Crippen LogP contribution < -0.4 is 15.4 Å². The summed E-state index contributed by atoms with van der Waals surface area (Å²) in [6, 6.07) is 6.03. The van der Waals surface area contributed by atoms with Crippen molar-refractivity contribution in [1.82, 2.24) is 20.2 Å². The van der Waals surface area contributed by atoms with Crippen molar-refractivity contribution < 1.29 is 17.9 Å². The lowest BCUT2D eigenvalue weighted by Crippen LogP contribution is -2.37. The Morgan fingerprint density at radius 3 is 2.61 bits per heavy atom. The summed E-state index contributed by atoms with van der Waals surface area (Å²) in [5.74, 6) is 1.29. The van der Waals surface area contributed by atoms with Gasteiger partial charge in [0.2, 0.25) is 0 Å². The largest absolute Gasteiger partial charge is 0.573 e. The van der Waals surface area contributed by atoms with Crippen molar-refractivity contribution in [3.63, 3.8) is 0 Å². The van der Waals surface area contributed by atoms with Crippen LogP contribution in [0.1, 0.15) is 24.2 Å². The number of aromatic nitrogens is 2. The van der Waals surface area contributed by atoms with Crippen molar-refractivity contribution in [3.05, 3.63) is 48.0 Å². The van der Waals surface area contributed by atoms with Gasteiger partial charge in [0.25, 0.3) is 0 Å². The molecule has 1 heterocycles. The minimum Gasteiger partial charge on any atom is -0.405 e. The van der Waals surface area contributed by atoms with Gasteiger partial charge in [0.05, 0.1) is 0 Å². The number of nitrogens with zero attached hydrogens (tertiary/aromatic N) is 3. The van der Waals surface area contributed by atoms with Gasteiger partial charge in [-0.25, -0.2) is 4.98 Å². The first-order valence-electron chi connectivity index (χ1n) is 8.65. The number of halogens is 4. The molecule has 0 aliphatic carbocycles. The number of guanidine groups is 1. The summed E-state index contributed by atoms with van der Waals surface area (Å²) in [5.41, 5.74) is 0.397. The summed E-state index contributed by atoms with van der Waals surface area (Å²) in [5, 5.41) is 6.15. The molecule has 1 aromatic carbocycles. The maximum absolute atomic E-state index is 12.5. The maximum atomic E-state index is 12.5. The van der Waals surface area contributed by atoms with Gasteiger partial charge in [-0.15, -0.1) is 37.1 Å². The quantitative estimate of drug-likeness (QED) is 0.245. The van der Waals surface area contributed by atoms with Crippen LogP contribution in [0.4, 0.5) is 13.2 Å². The SMILES string of the molecule is CN=C(NCCCCn1ccnc1C)NCc1ccccc1OC(F)(F)F.I. The fraction of sp³-hybridized carbons (Fsp3) is 0.444. The van der Waals surface area contributed by atoms with Gasteiger partial charge in [-0.2, -0.15) is 0 Å². The predicted molar refractivity (Wildman–Crippen MR) is 113 cm³/mol. The van der Waals surface area contributed by atoms with Crippen molar-refractivity contribution in [2.75, 3.05) is 13.6 Å². The summed E-state index contributed by atoms with van der Waals surface area (Å²) < 4.78 is 43.5. The van der Waals surface area contributed by atoms with E-state index < -0.39 is 6.36 Å². The highest BCUT2D eigenvalue weighted by Crippen LogP contribution is 2.25. The second kappa shape index (κ2) is 11.8. The number of alkyl halides is 3. The van der Waals surface area contributed by atoms with Gasteiger partial charge in [0.1, 0.15) is 11.6 Å². The fourth-order valence-corrected chi connectivity index (χ4v) is 2.53. The lowest BCUT2D eigenvalue weighted by Gasteiger charge is -2.15. The molecule has 10 heteroatoms. The molecule has 0 amide bonds. The van der Waals surface area contributed by atoms with Gasteiger partial charge in [-0.3, -0.25) is 4.99 Å². The smallest absolute Gasteiger partial charge is 0.405 e. The predicted octanol–water partition coefficient (Wildman–Crippen LogP) is 3.85. The van der Waals surface area contributed by atoms with Gasteiger partial charge in [0, 0.05) is 44.6 Å². The zero-order valence-electron chi connectivity index (χ0n) is 15.8. The number of imidazole rings is 1. The molecular formula is C18H25F3IN5O. The Labute approximate surface area is 179 Å². The number of benzene rings is 1. The lowest BCUT2D eigenvalue weighted by atomic mass is 10.2. The molecule has 0 spiro atoms. The highest BCUT2D eigenvalue weighted by molar-refractivity contribution is 14.0. The van der Waals surface area contributed by atoms with E-state index in [1.165, 1.54) is 12.1 Å². The molecule has 0 fully saturated rings. The van der Waals surface area contributed by atoms with Crippen LogP contribution in [0.3, 0.4) is 0 Å². The van der Waals surface area contributed by atoms with Crippen LogP contribution in [-0.4, -0.2) is 35.5 Å². The molecule has 0 unspecified atom stereocenters. The number of nitrogens with one attached hydrogen (secondary N) is 2. The molecule has 0 saturated heterocycles. The second-order valence-corrected chi connectivity index (χ2v) is 5.88. The van der Waals surface area contributed by atoms with E-state index in [0.717, 1.165) is 25.2 Å². The molecule has 1 aromatic heterocycles. The number of rotatable bonds is 8. The Morgan fingerprint density at radius 1 is 1.21 bits per heavy atom. The van der Waals surface area contributed by atoms with E-state index in [9.17, 15) is 13.2 Å². The Balaban J connectivity index is 0.00000392. The van der Waals surface area contributed by atoms with Crippen LogP contribution in [0.2, 0.25) is 0 Å². The van der Waals surface area contributed by atoms with Crippen LogP contribution in [0.5, 0.6) is 5.75 Å². The first kappa shape index (κ1) is 24.1. The van der Waals surface area contributed by atoms with Crippen LogP contribution in [-0.2, 0) is 13.1 Å². The third kappa shape index (κ3) is 8.36. The van der Waals surface area contributed by atoms with E-state index >= 15 is 0 Å². The van der Waals surface area contributed by atoms with E-state index in [4.69, 9.17) is 0 Å². The summed E-state index contributed by atoms with van der Waals surface area (Å²) in [6.45, 7) is 3.72. The zero-order valence-corrected chi connectivity index (χ0v) is 18.1. The van der Waals surface area contributed by atoms with E-state index in [-0.39, 0.29) is 36.3 Å². The number of hydrogen-bond acceptors (Lipinski definition) is 3. The standard InChI is InChI=1S/C18H24F3N5O.HI/c1-14-23-10-12-26(14)11-6-5-9-24-17(22-2)25-13-15-7-3-4-8-16(15)27-18(19,20)21;/h3-4,7-8,10,12H,5-6,9,11,13H2,1-2H3,(H2,22,24,25);1H. The van der Waals surface area contributed by atoms with Gasteiger partial charge in [0.15, 0.2) is 5.96 Å². The molecule has 0 aliphatic rings. The zero-order chi connectivity index (χ0) is 19.7. The molecule has 0 saturated carbocycles. The van der Waals surface area contributed by atoms with E-state index in [0.29, 0.717) is 18.1 Å². The van der Waals surface area contributed by atoms with Crippen LogP contribution in [0.25, 0.3) is 0 Å². The lowest BCUT2D eigenvalue weighted by molar-refractivity contribution is -0.274. The maximum Gasteiger partial charge on any atom is 0.573 e. The van der Waals surface area contributed by atoms with Crippen molar-refractivity contribution in [2.45, 2.75) is 39.2 Å². The number of para-hydroxylation sites is 1.